The molecule has 2 aliphatic rings. The number of fused-ring (bicyclic) bond motifs is 1. The van der Waals surface area contributed by atoms with E-state index >= 15 is 0 Å². The number of amides is 2. The largest absolute Gasteiger partial charge is 0.465 e. The molecule has 0 radical (unpaired) electrons. The minimum absolute atomic E-state index is 0.147. The molecule has 236 valence electrons. The smallest absolute Gasteiger partial charge is 0.413 e. The van der Waals surface area contributed by atoms with E-state index in [1.54, 1.807) is 12.3 Å². The zero-order valence-corrected chi connectivity index (χ0v) is 26.1. The molecule has 0 bridgehead atoms. The Bertz CT molecular complexity index is 1620. The summed E-state index contributed by atoms with van der Waals surface area (Å²) in [6, 6.07) is 18.2. The second-order valence-corrected chi connectivity index (χ2v) is 12.3. The van der Waals surface area contributed by atoms with E-state index in [0.29, 0.717) is 49.8 Å². The monoisotopic (exact) mass is 609 g/mol. The second-order valence-electron chi connectivity index (χ2n) is 12.3. The third-order valence-corrected chi connectivity index (χ3v) is 9.32. The number of nitrogens with zero attached hydrogens (tertiary/aromatic N) is 7. The summed E-state index contributed by atoms with van der Waals surface area (Å²) in [6.07, 6.45) is 8.86. The van der Waals surface area contributed by atoms with Crippen molar-refractivity contribution in [2.75, 3.05) is 37.6 Å². The van der Waals surface area contributed by atoms with Crippen LogP contribution >= 0.6 is 0 Å². The number of benzene rings is 2. The number of carbonyl (C=O) groups is 2. The lowest BCUT2D eigenvalue weighted by Crippen LogP contribution is -2.42. The highest BCUT2D eigenvalue weighted by molar-refractivity contribution is 5.90. The molecule has 3 heterocycles. The van der Waals surface area contributed by atoms with Crippen molar-refractivity contribution in [2.24, 2.45) is 0 Å². The van der Waals surface area contributed by atoms with E-state index in [2.05, 4.69) is 39.0 Å². The number of carboxylic acid groups (broad SMARTS) is 1. The SMILES string of the molecule is Cc1nc(-c2ccnc(N(CCN3CCCCC3)C(=O)O)c2)nn1CCN(C(=O)Cc1cccc2ccccc12)C1CCCC1. The van der Waals surface area contributed by atoms with Crippen molar-refractivity contribution in [2.45, 2.75) is 70.9 Å². The second kappa shape index (κ2) is 14.2. The molecule has 10 heteroatoms. The summed E-state index contributed by atoms with van der Waals surface area (Å²) in [5, 5.41) is 17.0. The fraction of sp³-hybridized carbons (Fsp3) is 0.457. The maximum Gasteiger partial charge on any atom is 0.413 e. The summed E-state index contributed by atoms with van der Waals surface area (Å²) in [5.74, 6) is 1.79. The van der Waals surface area contributed by atoms with Crippen LogP contribution in [0.15, 0.2) is 60.8 Å². The number of hydrogen-bond acceptors (Lipinski definition) is 6. The number of rotatable bonds is 11. The Morgan fingerprint density at radius 1 is 0.933 bits per heavy atom. The molecule has 0 spiro atoms. The maximum absolute atomic E-state index is 13.8. The molecule has 10 nitrogen and oxygen atoms in total. The summed E-state index contributed by atoms with van der Waals surface area (Å²) in [5.41, 5.74) is 1.77. The van der Waals surface area contributed by atoms with E-state index in [0.717, 1.165) is 73.8 Å². The molecule has 4 aromatic rings. The Morgan fingerprint density at radius 3 is 2.51 bits per heavy atom. The van der Waals surface area contributed by atoms with Gasteiger partial charge in [0.25, 0.3) is 0 Å². The Kier molecular flexibility index (Phi) is 9.69. The van der Waals surface area contributed by atoms with Crippen LogP contribution in [0, 0.1) is 6.92 Å². The first-order chi connectivity index (χ1) is 22.0. The van der Waals surface area contributed by atoms with Gasteiger partial charge in [0.1, 0.15) is 11.6 Å². The van der Waals surface area contributed by atoms with Gasteiger partial charge < -0.3 is 14.9 Å². The summed E-state index contributed by atoms with van der Waals surface area (Å²) < 4.78 is 1.86. The molecule has 1 N–H and O–H groups in total. The van der Waals surface area contributed by atoms with Gasteiger partial charge in [-0.2, -0.15) is 5.10 Å². The highest BCUT2D eigenvalue weighted by Gasteiger charge is 2.27. The molecule has 2 amide bonds. The van der Waals surface area contributed by atoms with Gasteiger partial charge in [-0.05, 0) is 74.2 Å². The standard InChI is InChI=1S/C35H43N7O3/c1-26-37-34(29-16-17-36-32(24-29)41(35(44)45)21-20-39-18-7-2-8-19-39)38-42(26)23-22-40(30-13-4-5-14-30)33(43)25-28-12-9-11-27-10-3-6-15-31(27)28/h3,6,9-12,15-17,24,30H,2,4-5,7-8,13-14,18-23,25H2,1H3,(H,44,45). The molecular weight excluding hydrogens is 566 g/mol. The summed E-state index contributed by atoms with van der Waals surface area (Å²) in [6.45, 7) is 6.06. The maximum atomic E-state index is 13.8. The molecule has 1 aliphatic heterocycles. The van der Waals surface area contributed by atoms with Gasteiger partial charge in [0, 0.05) is 37.4 Å². The summed E-state index contributed by atoms with van der Waals surface area (Å²) >= 11 is 0. The van der Waals surface area contributed by atoms with Crippen LogP contribution in [0.5, 0.6) is 0 Å². The van der Waals surface area contributed by atoms with Gasteiger partial charge in [-0.25, -0.2) is 19.4 Å². The number of aryl methyl sites for hydroxylation is 1. The third-order valence-electron chi connectivity index (χ3n) is 9.32. The lowest BCUT2D eigenvalue weighted by atomic mass is 10.0. The fourth-order valence-electron chi connectivity index (χ4n) is 6.83. The molecule has 2 fully saturated rings. The van der Waals surface area contributed by atoms with Crippen molar-refractivity contribution in [3.05, 3.63) is 72.2 Å². The molecule has 1 saturated carbocycles. The van der Waals surface area contributed by atoms with E-state index in [9.17, 15) is 14.7 Å². The highest BCUT2D eigenvalue weighted by Crippen LogP contribution is 2.26. The first-order valence-electron chi connectivity index (χ1n) is 16.3. The van der Waals surface area contributed by atoms with Crippen LogP contribution in [0.3, 0.4) is 0 Å². The average Bonchev–Trinajstić information content (AvgIpc) is 3.72. The molecule has 2 aromatic heterocycles. The quantitative estimate of drug-likeness (QED) is 0.230. The van der Waals surface area contributed by atoms with Crippen LogP contribution in [0.2, 0.25) is 0 Å². The van der Waals surface area contributed by atoms with Crippen LogP contribution in [-0.2, 0) is 17.8 Å². The van der Waals surface area contributed by atoms with Crippen LogP contribution in [-0.4, -0.2) is 85.4 Å². The van der Waals surface area contributed by atoms with Gasteiger partial charge in [-0.15, -0.1) is 0 Å². The Morgan fingerprint density at radius 2 is 1.71 bits per heavy atom. The number of hydrogen-bond donors (Lipinski definition) is 1. The molecule has 0 atom stereocenters. The van der Waals surface area contributed by atoms with Crippen molar-refractivity contribution >= 4 is 28.6 Å². The van der Waals surface area contributed by atoms with E-state index < -0.39 is 6.09 Å². The first kappa shape index (κ1) is 30.7. The van der Waals surface area contributed by atoms with Crippen molar-refractivity contribution < 1.29 is 14.7 Å². The summed E-state index contributed by atoms with van der Waals surface area (Å²) in [4.78, 5) is 40.8. The predicted molar refractivity (Wildman–Crippen MR) is 175 cm³/mol. The van der Waals surface area contributed by atoms with E-state index in [-0.39, 0.29) is 11.9 Å². The van der Waals surface area contributed by atoms with Crippen LogP contribution < -0.4 is 4.90 Å². The number of anilines is 1. The van der Waals surface area contributed by atoms with Crippen molar-refractivity contribution in [3.8, 4) is 11.4 Å². The minimum atomic E-state index is -1.02. The zero-order valence-electron chi connectivity index (χ0n) is 26.1. The molecule has 0 unspecified atom stereocenters. The Hall–Kier alpha value is -4.31. The molecule has 2 aromatic carbocycles. The lowest BCUT2D eigenvalue weighted by molar-refractivity contribution is -0.132. The molecule has 1 saturated heterocycles. The lowest BCUT2D eigenvalue weighted by Gasteiger charge is -2.29. The van der Waals surface area contributed by atoms with Gasteiger partial charge in [-0.1, -0.05) is 61.7 Å². The van der Waals surface area contributed by atoms with Crippen LogP contribution in [0.4, 0.5) is 10.6 Å². The first-order valence-corrected chi connectivity index (χ1v) is 16.3. The molecule has 45 heavy (non-hydrogen) atoms. The zero-order chi connectivity index (χ0) is 31.2. The highest BCUT2D eigenvalue weighted by atomic mass is 16.4. The van der Waals surface area contributed by atoms with Gasteiger partial charge in [0.15, 0.2) is 5.82 Å². The average molecular weight is 610 g/mol. The van der Waals surface area contributed by atoms with Gasteiger partial charge in [0.05, 0.1) is 13.0 Å². The normalized spacial score (nSPS) is 15.8. The number of piperidine rings is 1. The molecular formula is C35H43N7O3. The minimum Gasteiger partial charge on any atom is -0.465 e. The molecule has 1 aliphatic carbocycles. The van der Waals surface area contributed by atoms with E-state index in [1.807, 2.05) is 35.9 Å². The van der Waals surface area contributed by atoms with Gasteiger partial charge >= 0.3 is 6.09 Å². The molecule has 6 rings (SSSR count). The third kappa shape index (κ3) is 7.33. The summed E-state index contributed by atoms with van der Waals surface area (Å²) in [7, 11) is 0. The number of pyridine rings is 1. The Balaban J connectivity index is 1.15. The van der Waals surface area contributed by atoms with Gasteiger partial charge in [0.2, 0.25) is 5.91 Å². The predicted octanol–water partition coefficient (Wildman–Crippen LogP) is 5.79. The van der Waals surface area contributed by atoms with Crippen molar-refractivity contribution in [1.29, 1.82) is 0 Å². The number of aromatic nitrogens is 4. The van der Waals surface area contributed by atoms with Crippen LogP contribution in [0.1, 0.15) is 56.3 Å². The van der Waals surface area contributed by atoms with Crippen molar-refractivity contribution in [1.82, 2.24) is 29.5 Å². The van der Waals surface area contributed by atoms with Crippen LogP contribution in [0.25, 0.3) is 22.2 Å². The Labute approximate surface area is 264 Å². The number of likely N-dealkylation sites (tertiary alicyclic amines) is 1. The fourth-order valence-corrected chi connectivity index (χ4v) is 6.83. The van der Waals surface area contributed by atoms with Gasteiger partial charge in [-0.3, -0.25) is 9.69 Å². The van der Waals surface area contributed by atoms with E-state index in [1.165, 1.54) is 11.3 Å². The van der Waals surface area contributed by atoms with E-state index in [4.69, 9.17) is 10.1 Å². The number of carbonyl (C=O) groups excluding carboxylic acids is 1. The topological polar surface area (TPSA) is 108 Å². The van der Waals surface area contributed by atoms with Crippen molar-refractivity contribution in [3.63, 3.8) is 0 Å².